The fourth-order valence-electron chi connectivity index (χ4n) is 2.08. The summed E-state index contributed by atoms with van der Waals surface area (Å²) in [6, 6.07) is 5.88. The van der Waals surface area contributed by atoms with Gasteiger partial charge in [-0.05, 0) is 60.6 Å². The molecule has 2 aromatic rings. The molecule has 1 heterocycles. The number of hydrogen-bond acceptors (Lipinski definition) is 4. The molecule has 0 radical (unpaired) electrons. The number of nitrogens with zero attached hydrogens (tertiary/aromatic N) is 1. The number of hydrogen-bond donors (Lipinski definition) is 0. The standard InChI is InChI=1S/C15H13BrINO3/c1-2-20-15(19)13-12(8-3-4-8)18-14(21-13)10-7-9(16)5-6-11(10)17/h5-8H,2-4H2,1H3. The predicted molar refractivity (Wildman–Crippen MR) is 90.3 cm³/mol. The SMILES string of the molecule is CCOC(=O)c1oc(-c2cc(Br)ccc2I)nc1C1CC1. The number of esters is 1. The van der Waals surface area contributed by atoms with Gasteiger partial charge in [0.05, 0.1) is 17.9 Å². The quantitative estimate of drug-likeness (QED) is 0.486. The molecule has 1 aromatic heterocycles. The van der Waals surface area contributed by atoms with Gasteiger partial charge in [0.1, 0.15) is 0 Å². The zero-order valence-electron chi connectivity index (χ0n) is 11.4. The summed E-state index contributed by atoms with van der Waals surface area (Å²) in [5.74, 6) is 0.630. The first kappa shape index (κ1) is 15.0. The summed E-state index contributed by atoms with van der Waals surface area (Å²) in [5.41, 5.74) is 1.61. The summed E-state index contributed by atoms with van der Waals surface area (Å²) >= 11 is 5.68. The van der Waals surface area contributed by atoms with E-state index in [0.717, 1.165) is 32.1 Å². The largest absolute Gasteiger partial charge is 0.460 e. The van der Waals surface area contributed by atoms with E-state index in [4.69, 9.17) is 9.15 Å². The Bertz CT molecular complexity index is 694. The van der Waals surface area contributed by atoms with Gasteiger partial charge in [0.25, 0.3) is 0 Å². The Morgan fingerprint density at radius 3 is 2.95 bits per heavy atom. The van der Waals surface area contributed by atoms with Crippen molar-refractivity contribution in [3.05, 3.63) is 37.7 Å². The van der Waals surface area contributed by atoms with Crippen LogP contribution >= 0.6 is 38.5 Å². The Hall–Kier alpha value is -0.890. The number of ether oxygens (including phenoxy) is 1. The van der Waals surface area contributed by atoms with Crippen LogP contribution < -0.4 is 0 Å². The minimum atomic E-state index is -0.428. The maximum absolute atomic E-state index is 12.0. The lowest BCUT2D eigenvalue weighted by atomic mass is 10.2. The smallest absolute Gasteiger partial charge is 0.376 e. The second kappa shape index (κ2) is 6.08. The number of halogens is 2. The van der Waals surface area contributed by atoms with Crippen LogP contribution in [0.15, 0.2) is 27.1 Å². The fourth-order valence-corrected chi connectivity index (χ4v) is 3.01. The molecule has 0 spiro atoms. The lowest BCUT2D eigenvalue weighted by Gasteiger charge is -2.00. The Balaban J connectivity index is 2.05. The van der Waals surface area contributed by atoms with Crippen LogP contribution in [-0.4, -0.2) is 17.6 Å². The maximum atomic E-state index is 12.0. The lowest BCUT2D eigenvalue weighted by Crippen LogP contribution is -2.05. The fraction of sp³-hybridized carbons (Fsp3) is 0.333. The number of carbonyl (C=O) groups is 1. The maximum Gasteiger partial charge on any atom is 0.376 e. The van der Waals surface area contributed by atoms with Gasteiger partial charge in [0, 0.05) is 14.0 Å². The van der Waals surface area contributed by atoms with Crippen LogP contribution in [0.5, 0.6) is 0 Å². The number of carbonyl (C=O) groups excluding carboxylic acids is 1. The molecule has 0 N–H and O–H groups in total. The lowest BCUT2D eigenvalue weighted by molar-refractivity contribution is 0.0489. The van der Waals surface area contributed by atoms with Crippen LogP contribution in [0.1, 0.15) is 41.9 Å². The first-order valence-electron chi connectivity index (χ1n) is 6.73. The van der Waals surface area contributed by atoms with Crippen molar-refractivity contribution in [3.63, 3.8) is 0 Å². The van der Waals surface area contributed by atoms with E-state index in [1.165, 1.54) is 0 Å². The Morgan fingerprint density at radius 1 is 1.52 bits per heavy atom. The topological polar surface area (TPSA) is 52.3 Å². The average molecular weight is 462 g/mol. The molecule has 0 bridgehead atoms. The monoisotopic (exact) mass is 461 g/mol. The van der Waals surface area contributed by atoms with Gasteiger partial charge in [-0.3, -0.25) is 0 Å². The number of oxazole rings is 1. The molecular weight excluding hydrogens is 449 g/mol. The highest BCUT2D eigenvalue weighted by Crippen LogP contribution is 2.43. The second-order valence-electron chi connectivity index (χ2n) is 4.85. The van der Waals surface area contributed by atoms with Crippen molar-refractivity contribution in [2.75, 3.05) is 6.61 Å². The van der Waals surface area contributed by atoms with E-state index < -0.39 is 5.97 Å². The summed E-state index contributed by atoms with van der Waals surface area (Å²) in [6.07, 6.45) is 2.10. The summed E-state index contributed by atoms with van der Waals surface area (Å²) in [6.45, 7) is 2.11. The van der Waals surface area contributed by atoms with Crippen LogP contribution in [0.2, 0.25) is 0 Å². The van der Waals surface area contributed by atoms with E-state index in [1.54, 1.807) is 6.92 Å². The first-order chi connectivity index (χ1) is 10.1. The molecule has 1 saturated carbocycles. The van der Waals surface area contributed by atoms with Gasteiger partial charge in [-0.25, -0.2) is 9.78 Å². The summed E-state index contributed by atoms with van der Waals surface area (Å²) in [7, 11) is 0. The Kier molecular flexibility index (Phi) is 4.35. The van der Waals surface area contributed by atoms with E-state index in [9.17, 15) is 4.79 Å². The van der Waals surface area contributed by atoms with Crippen molar-refractivity contribution in [2.45, 2.75) is 25.7 Å². The number of benzene rings is 1. The molecule has 0 aliphatic heterocycles. The van der Waals surface area contributed by atoms with Crippen molar-refractivity contribution in [1.82, 2.24) is 4.98 Å². The van der Waals surface area contributed by atoms with Gasteiger partial charge in [-0.15, -0.1) is 0 Å². The van der Waals surface area contributed by atoms with Gasteiger partial charge in [0.2, 0.25) is 11.7 Å². The van der Waals surface area contributed by atoms with E-state index in [0.29, 0.717) is 18.4 Å². The molecule has 1 aliphatic rings. The molecule has 0 atom stereocenters. The molecule has 21 heavy (non-hydrogen) atoms. The third-order valence-electron chi connectivity index (χ3n) is 3.24. The van der Waals surface area contributed by atoms with E-state index in [1.807, 2.05) is 18.2 Å². The van der Waals surface area contributed by atoms with Crippen molar-refractivity contribution >= 4 is 44.5 Å². The molecule has 110 valence electrons. The van der Waals surface area contributed by atoms with Crippen molar-refractivity contribution in [3.8, 4) is 11.5 Å². The van der Waals surface area contributed by atoms with Crippen molar-refractivity contribution in [2.24, 2.45) is 0 Å². The molecule has 1 fully saturated rings. The van der Waals surface area contributed by atoms with Crippen molar-refractivity contribution < 1.29 is 13.9 Å². The Morgan fingerprint density at radius 2 is 2.29 bits per heavy atom. The zero-order chi connectivity index (χ0) is 15.0. The molecule has 0 amide bonds. The van der Waals surface area contributed by atoms with Crippen LogP contribution in [0.3, 0.4) is 0 Å². The van der Waals surface area contributed by atoms with Gasteiger partial charge >= 0.3 is 5.97 Å². The highest BCUT2D eigenvalue weighted by Gasteiger charge is 2.34. The van der Waals surface area contributed by atoms with E-state index in [-0.39, 0.29) is 5.76 Å². The Labute approximate surface area is 144 Å². The van der Waals surface area contributed by atoms with Gasteiger partial charge < -0.3 is 9.15 Å². The minimum Gasteiger partial charge on any atom is -0.460 e. The summed E-state index contributed by atoms with van der Waals surface area (Å²) in [5, 5.41) is 0. The third kappa shape index (κ3) is 3.15. The van der Waals surface area contributed by atoms with Crippen molar-refractivity contribution in [1.29, 1.82) is 0 Å². The highest BCUT2D eigenvalue weighted by molar-refractivity contribution is 14.1. The van der Waals surface area contributed by atoms with Crippen LogP contribution in [0.4, 0.5) is 0 Å². The molecule has 1 aromatic carbocycles. The van der Waals surface area contributed by atoms with E-state index >= 15 is 0 Å². The first-order valence-corrected chi connectivity index (χ1v) is 8.60. The number of rotatable bonds is 4. The van der Waals surface area contributed by atoms with Gasteiger partial charge in [-0.1, -0.05) is 15.9 Å². The molecule has 1 aliphatic carbocycles. The number of aromatic nitrogens is 1. The highest BCUT2D eigenvalue weighted by atomic mass is 127. The molecule has 0 saturated heterocycles. The van der Waals surface area contributed by atoms with Gasteiger partial charge in [-0.2, -0.15) is 0 Å². The van der Waals surface area contributed by atoms with Crippen LogP contribution in [-0.2, 0) is 4.74 Å². The summed E-state index contributed by atoms with van der Waals surface area (Å²) < 4.78 is 12.8. The average Bonchev–Trinajstić information content (AvgIpc) is 3.21. The zero-order valence-corrected chi connectivity index (χ0v) is 15.1. The molecule has 4 nitrogen and oxygen atoms in total. The minimum absolute atomic E-state index is 0.255. The van der Waals surface area contributed by atoms with E-state index in [2.05, 4.69) is 43.5 Å². The normalized spacial score (nSPS) is 14.2. The summed E-state index contributed by atoms with van der Waals surface area (Å²) in [4.78, 5) is 16.6. The molecular formula is C15H13BrINO3. The molecule has 6 heteroatoms. The second-order valence-corrected chi connectivity index (χ2v) is 6.93. The molecule has 0 unspecified atom stereocenters. The third-order valence-corrected chi connectivity index (χ3v) is 4.67. The van der Waals surface area contributed by atoms with Crippen LogP contribution in [0, 0.1) is 3.57 Å². The molecule has 3 rings (SSSR count). The predicted octanol–water partition coefficient (Wildman–Crippen LogP) is 4.76. The van der Waals surface area contributed by atoms with Crippen LogP contribution in [0.25, 0.3) is 11.5 Å². The van der Waals surface area contributed by atoms with Gasteiger partial charge in [0.15, 0.2) is 0 Å².